The molecule has 43 heavy (non-hydrogen) atoms. The Hall–Kier alpha value is -3.72. The summed E-state index contributed by atoms with van der Waals surface area (Å²) in [6.07, 6.45) is 7.90. The minimum Gasteiger partial charge on any atom is -0.336 e. The second kappa shape index (κ2) is 12.9. The van der Waals surface area contributed by atoms with Crippen LogP contribution >= 0.6 is 0 Å². The molecular weight excluding hydrogens is 543 g/mol. The highest BCUT2D eigenvalue weighted by molar-refractivity contribution is 6.01. The standard InChI is InChI=1S/C34H43FN6O2/c1-3-8-33(42)38-20-17-32-31(23-38)36-24(2)41(32)30-21-28-15-16-29(22-30)39(28)18-7-19-40(27-9-5-4-6-10-27)34(43)37-26-13-11-25(35)12-14-26/h4-6,9-14,28-30H,3,7-8,15-23H2,1-2H3,(H,37,43). The van der Waals surface area contributed by atoms with E-state index in [1.165, 1.54) is 30.7 Å². The first kappa shape index (κ1) is 29.4. The van der Waals surface area contributed by atoms with Crippen molar-refractivity contribution >= 4 is 23.3 Å². The van der Waals surface area contributed by atoms with Gasteiger partial charge >= 0.3 is 6.03 Å². The number of imidazole rings is 1. The lowest BCUT2D eigenvalue weighted by Crippen LogP contribution is -2.45. The van der Waals surface area contributed by atoms with E-state index in [2.05, 4.69) is 28.6 Å². The SMILES string of the molecule is CCCC(=O)N1CCc2c(nc(C)n2C2CC3CCC(C2)N3CCCN(C(=O)Nc2ccc(F)cc2)c2ccccc2)C1. The molecule has 2 fully saturated rings. The molecule has 0 radical (unpaired) electrons. The molecule has 2 saturated heterocycles. The summed E-state index contributed by atoms with van der Waals surface area (Å²) in [6, 6.07) is 16.9. The average Bonchev–Trinajstić information content (AvgIpc) is 3.46. The average molecular weight is 587 g/mol. The molecule has 8 nitrogen and oxygen atoms in total. The molecule has 3 aliphatic heterocycles. The van der Waals surface area contributed by atoms with Gasteiger partial charge in [0, 0.05) is 67.7 Å². The second-order valence-corrected chi connectivity index (χ2v) is 12.3. The summed E-state index contributed by atoms with van der Waals surface area (Å²) < 4.78 is 15.9. The third kappa shape index (κ3) is 6.32. The van der Waals surface area contributed by atoms with Gasteiger partial charge in [0.25, 0.3) is 0 Å². The first-order chi connectivity index (χ1) is 20.9. The molecule has 1 N–H and O–H groups in total. The van der Waals surface area contributed by atoms with Gasteiger partial charge in [0.05, 0.1) is 12.2 Å². The Morgan fingerprint density at radius 1 is 1.02 bits per heavy atom. The van der Waals surface area contributed by atoms with Crippen LogP contribution < -0.4 is 10.2 Å². The van der Waals surface area contributed by atoms with Gasteiger partial charge in [0.1, 0.15) is 11.6 Å². The number of halogens is 1. The number of hydrogen-bond donors (Lipinski definition) is 1. The van der Waals surface area contributed by atoms with E-state index in [1.807, 2.05) is 35.2 Å². The number of nitrogens with one attached hydrogen (secondary N) is 1. The second-order valence-electron chi connectivity index (χ2n) is 12.3. The number of benzene rings is 2. The minimum absolute atomic E-state index is 0.213. The predicted octanol–water partition coefficient (Wildman–Crippen LogP) is 6.31. The topological polar surface area (TPSA) is 73.7 Å². The van der Waals surface area contributed by atoms with Gasteiger partial charge in [-0.3, -0.25) is 14.6 Å². The number of carbonyl (C=O) groups excluding carboxylic acids is 2. The fourth-order valence-corrected chi connectivity index (χ4v) is 7.52. The molecule has 6 rings (SSSR count). The highest BCUT2D eigenvalue weighted by Gasteiger charge is 2.42. The number of fused-ring (bicyclic) bond motifs is 3. The van der Waals surface area contributed by atoms with E-state index in [4.69, 9.17) is 4.98 Å². The molecule has 0 aliphatic carbocycles. The lowest BCUT2D eigenvalue weighted by atomic mass is 9.95. The summed E-state index contributed by atoms with van der Waals surface area (Å²) in [6.45, 7) is 7.15. The zero-order valence-electron chi connectivity index (χ0n) is 25.3. The number of para-hydroxylation sites is 1. The van der Waals surface area contributed by atoms with Gasteiger partial charge in [-0.15, -0.1) is 0 Å². The van der Waals surface area contributed by atoms with Crippen molar-refractivity contribution in [1.82, 2.24) is 19.4 Å². The third-order valence-corrected chi connectivity index (χ3v) is 9.48. The van der Waals surface area contributed by atoms with E-state index in [9.17, 15) is 14.0 Å². The quantitative estimate of drug-likeness (QED) is 0.319. The molecule has 9 heteroatoms. The molecular formula is C34H43FN6O2. The minimum atomic E-state index is -0.329. The maximum Gasteiger partial charge on any atom is 0.326 e. The van der Waals surface area contributed by atoms with Crippen molar-refractivity contribution in [1.29, 1.82) is 0 Å². The number of anilines is 2. The number of piperidine rings is 1. The van der Waals surface area contributed by atoms with E-state index < -0.39 is 0 Å². The molecule has 4 heterocycles. The Bertz CT molecular complexity index is 1410. The van der Waals surface area contributed by atoms with Gasteiger partial charge in [-0.05, 0) is 81.8 Å². The first-order valence-corrected chi connectivity index (χ1v) is 15.9. The zero-order valence-corrected chi connectivity index (χ0v) is 25.3. The molecule has 2 bridgehead atoms. The summed E-state index contributed by atoms with van der Waals surface area (Å²) in [5, 5.41) is 2.93. The van der Waals surface area contributed by atoms with E-state index in [-0.39, 0.29) is 17.8 Å². The van der Waals surface area contributed by atoms with Crippen molar-refractivity contribution in [2.24, 2.45) is 0 Å². The lowest BCUT2D eigenvalue weighted by molar-refractivity contribution is -0.132. The van der Waals surface area contributed by atoms with Crippen molar-refractivity contribution in [2.45, 2.75) is 89.9 Å². The van der Waals surface area contributed by atoms with Crippen LogP contribution in [0.4, 0.5) is 20.6 Å². The summed E-state index contributed by atoms with van der Waals surface area (Å²) in [5.74, 6) is 0.994. The van der Waals surface area contributed by atoms with Gasteiger partial charge < -0.3 is 14.8 Å². The Balaban J connectivity index is 1.08. The third-order valence-electron chi connectivity index (χ3n) is 9.48. The number of carbonyl (C=O) groups is 2. The molecule has 0 saturated carbocycles. The lowest BCUT2D eigenvalue weighted by Gasteiger charge is -2.41. The van der Waals surface area contributed by atoms with Crippen LogP contribution in [0, 0.1) is 12.7 Å². The van der Waals surface area contributed by atoms with Crippen LogP contribution in [0.15, 0.2) is 54.6 Å². The fourth-order valence-electron chi connectivity index (χ4n) is 7.52. The Morgan fingerprint density at radius 3 is 2.44 bits per heavy atom. The monoisotopic (exact) mass is 586 g/mol. The number of urea groups is 1. The van der Waals surface area contributed by atoms with Crippen molar-refractivity contribution in [3.63, 3.8) is 0 Å². The van der Waals surface area contributed by atoms with Crippen LogP contribution in [0.1, 0.15) is 75.1 Å². The van der Waals surface area contributed by atoms with Crippen LogP contribution in [0.3, 0.4) is 0 Å². The Morgan fingerprint density at radius 2 is 1.74 bits per heavy atom. The van der Waals surface area contributed by atoms with Crippen LogP contribution in [0.2, 0.25) is 0 Å². The predicted molar refractivity (Wildman–Crippen MR) is 167 cm³/mol. The van der Waals surface area contributed by atoms with Crippen LogP contribution in [0.5, 0.6) is 0 Å². The summed E-state index contributed by atoms with van der Waals surface area (Å²) in [4.78, 5) is 37.2. The van der Waals surface area contributed by atoms with Crippen molar-refractivity contribution < 1.29 is 14.0 Å². The number of rotatable bonds is 9. The molecule has 3 aromatic rings. The zero-order chi connectivity index (χ0) is 29.9. The van der Waals surface area contributed by atoms with Crippen molar-refractivity contribution in [2.75, 3.05) is 29.9 Å². The smallest absolute Gasteiger partial charge is 0.326 e. The summed E-state index contributed by atoms with van der Waals surface area (Å²) in [5.41, 5.74) is 3.84. The number of amides is 3. The highest BCUT2D eigenvalue weighted by Crippen LogP contribution is 2.42. The molecule has 0 spiro atoms. The van der Waals surface area contributed by atoms with Crippen LogP contribution in [0.25, 0.3) is 0 Å². The van der Waals surface area contributed by atoms with Crippen molar-refractivity contribution in [3.05, 3.63) is 77.6 Å². The molecule has 3 amide bonds. The number of aryl methyl sites for hydroxylation is 1. The fraction of sp³-hybridized carbons (Fsp3) is 0.500. The van der Waals surface area contributed by atoms with Gasteiger partial charge in [-0.2, -0.15) is 0 Å². The molecule has 228 valence electrons. The maximum absolute atomic E-state index is 13.4. The first-order valence-electron chi connectivity index (χ1n) is 15.9. The number of nitrogens with zero attached hydrogens (tertiary/aromatic N) is 5. The number of aromatic nitrogens is 2. The Labute approximate surface area is 253 Å². The van der Waals surface area contributed by atoms with E-state index in [0.717, 1.165) is 62.4 Å². The normalized spacial score (nSPS) is 21.5. The van der Waals surface area contributed by atoms with Crippen LogP contribution in [-0.2, 0) is 17.8 Å². The molecule has 2 unspecified atom stereocenters. The molecule has 3 aliphatic rings. The van der Waals surface area contributed by atoms with Gasteiger partial charge in [0.15, 0.2) is 0 Å². The largest absolute Gasteiger partial charge is 0.336 e. The summed E-state index contributed by atoms with van der Waals surface area (Å²) >= 11 is 0. The van der Waals surface area contributed by atoms with E-state index in [1.54, 1.807) is 17.0 Å². The maximum atomic E-state index is 13.4. The van der Waals surface area contributed by atoms with Gasteiger partial charge in [0.2, 0.25) is 5.91 Å². The van der Waals surface area contributed by atoms with E-state index in [0.29, 0.717) is 43.3 Å². The molecule has 2 atom stereocenters. The van der Waals surface area contributed by atoms with Gasteiger partial charge in [-0.25, -0.2) is 14.2 Å². The summed E-state index contributed by atoms with van der Waals surface area (Å²) in [7, 11) is 0. The highest BCUT2D eigenvalue weighted by atomic mass is 19.1. The Kier molecular flexibility index (Phi) is 8.79. The molecule has 2 aromatic carbocycles. The number of hydrogen-bond acceptors (Lipinski definition) is 4. The van der Waals surface area contributed by atoms with E-state index >= 15 is 0 Å². The molecule has 1 aromatic heterocycles. The van der Waals surface area contributed by atoms with Crippen LogP contribution in [-0.4, -0.2) is 63.0 Å². The van der Waals surface area contributed by atoms with Gasteiger partial charge in [-0.1, -0.05) is 25.1 Å². The van der Waals surface area contributed by atoms with Crippen molar-refractivity contribution in [3.8, 4) is 0 Å².